The SMILES string of the molecule is CCn1nc(C)cc1C(=O)Nc1nc2cc(C(=O)OC)cc(OC)c2n1C/C=C/Cn1c(NC(=O)c2cc(C)nn2CC)nc2cc(C(N)=O)cc(OCC#CCN3CCN(C(=O)OC(C)C)CC3)c21. The summed E-state index contributed by atoms with van der Waals surface area (Å²) in [4.78, 5) is 78.6. The minimum absolute atomic E-state index is 0.0595. The number of nitrogens with one attached hydrogen (secondary N) is 2. The molecule has 7 rings (SSSR count). The molecule has 1 aliphatic rings. The van der Waals surface area contributed by atoms with Crippen LogP contribution in [0.2, 0.25) is 0 Å². The second kappa shape index (κ2) is 21.8. The highest BCUT2D eigenvalue weighted by molar-refractivity contribution is 6.05. The van der Waals surface area contributed by atoms with Gasteiger partial charge < -0.3 is 38.7 Å². The lowest BCUT2D eigenvalue weighted by atomic mass is 10.1. The number of hydrogen-bond donors (Lipinski definition) is 3. The summed E-state index contributed by atoms with van der Waals surface area (Å²) < 4.78 is 29.0. The summed E-state index contributed by atoms with van der Waals surface area (Å²) in [6.07, 6.45) is 3.13. The first-order valence-corrected chi connectivity index (χ1v) is 22.8. The predicted octanol–water partition coefficient (Wildman–Crippen LogP) is 4.64. The summed E-state index contributed by atoms with van der Waals surface area (Å²) in [6.45, 7) is 14.8. The van der Waals surface area contributed by atoms with Crippen molar-refractivity contribution in [3.63, 3.8) is 0 Å². The van der Waals surface area contributed by atoms with E-state index in [9.17, 15) is 24.0 Å². The average molecular weight is 960 g/mol. The number of methoxy groups -OCH3 is 2. The molecule has 0 aliphatic carbocycles. The third kappa shape index (κ3) is 11.1. The van der Waals surface area contributed by atoms with E-state index in [1.54, 1.807) is 55.4 Å². The van der Waals surface area contributed by atoms with Crippen LogP contribution >= 0.6 is 0 Å². The highest BCUT2D eigenvalue weighted by Crippen LogP contribution is 2.33. The molecule has 0 saturated carbocycles. The van der Waals surface area contributed by atoms with Crippen LogP contribution in [0, 0.1) is 25.7 Å². The van der Waals surface area contributed by atoms with E-state index in [1.165, 1.54) is 32.4 Å². The molecule has 1 saturated heterocycles. The van der Waals surface area contributed by atoms with Crippen molar-refractivity contribution in [1.29, 1.82) is 0 Å². The quantitative estimate of drug-likeness (QED) is 0.0641. The van der Waals surface area contributed by atoms with Gasteiger partial charge in [-0.3, -0.25) is 39.3 Å². The molecule has 4 N–H and O–H groups in total. The summed E-state index contributed by atoms with van der Waals surface area (Å²) in [5, 5.41) is 14.7. The molecule has 4 aromatic heterocycles. The second-order valence-corrected chi connectivity index (χ2v) is 16.5. The maximum absolute atomic E-state index is 13.9. The van der Waals surface area contributed by atoms with Gasteiger partial charge in [0.05, 0.1) is 54.9 Å². The van der Waals surface area contributed by atoms with Crippen LogP contribution in [-0.4, -0.2) is 138 Å². The van der Waals surface area contributed by atoms with Gasteiger partial charge >= 0.3 is 12.1 Å². The van der Waals surface area contributed by atoms with Crippen molar-refractivity contribution in [3.8, 4) is 23.3 Å². The zero-order valence-electron chi connectivity index (χ0n) is 40.5. The number of piperazine rings is 1. The molecule has 70 heavy (non-hydrogen) atoms. The van der Waals surface area contributed by atoms with Gasteiger partial charge in [-0.25, -0.2) is 19.6 Å². The van der Waals surface area contributed by atoms with Crippen molar-refractivity contribution in [2.75, 3.05) is 64.2 Å². The van der Waals surface area contributed by atoms with Gasteiger partial charge in [0.2, 0.25) is 17.8 Å². The van der Waals surface area contributed by atoms with Crippen molar-refractivity contribution in [3.05, 3.63) is 82.5 Å². The molecular weight excluding hydrogens is 903 g/mol. The molecule has 368 valence electrons. The molecule has 5 heterocycles. The summed E-state index contributed by atoms with van der Waals surface area (Å²) in [6, 6.07) is 9.49. The Balaban J connectivity index is 1.21. The first-order valence-electron chi connectivity index (χ1n) is 22.8. The van der Waals surface area contributed by atoms with E-state index in [0.29, 0.717) is 96.4 Å². The number of primary amides is 1. The minimum Gasteiger partial charge on any atom is -0.494 e. The highest BCUT2D eigenvalue weighted by Gasteiger charge is 2.25. The molecule has 0 atom stereocenters. The number of anilines is 2. The normalized spacial score (nSPS) is 12.9. The number of nitrogens with zero attached hydrogens (tertiary/aromatic N) is 10. The largest absolute Gasteiger partial charge is 0.494 e. The Kier molecular flexibility index (Phi) is 15.5. The Bertz CT molecular complexity index is 3050. The van der Waals surface area contributed by atoms with Crippen LogP contribution in [0.4, 0.5) is 16.7 Å². The number of ether oxygens (including phenoxy) is 4. The number of benzene rings is 2. The average Bonchev–Trinajstić information content (AvgIpc) is 4.11. The summed E-state index contributed by atoms with van der Waals surface area (Å²) in [5.74, 6) is 4.83. The second-order valence-electron chi connectivity index (χ2n) is 16.5. The molecule has 22 heteroatoms. The van der Waals surface area contributed by atoms with Gasteiger partial charge in [-0.2, -0.15) is 10.2 Å². The topological polar surface area (TPSA) is 250 Å². The number of fused-ring (bicyclic) bond motifs is 2. The summed E-state index contributed by atoms with van der Waals surface area (Å²) >= 11 is 0. The lowest BCUT2D eigenvalue weighted by Gasteiger charge is -2.33. The molecule has 0 radical (unpaired) electrons. The first kappa shape index (κ1) is 49.7. The number of rotatable bonds is 17. The molecule has 1 aliphatic heterocycles. The van der Waals surface area contributed by atoms with Gasteiger partial charge in [0.25, 0.3) is 11.8 Å². The van der Waals surface area contributed by atoms with Crippen LogP contribution in [0.25, 0.3) is 22.1 Å². The molecule has 0 bridgehead atoms. The lowest BCUT2D eigenvalue weighted by Crippen LogP contribution is -2.49. The van der Waals surface area contributed by atoms with Gasteiger partial charge in [-0.1, -0.05) is 24.0 Å². The number of aryl methyl sites for hydroxylation is 4. The van der Waals surface area contributed by atoms with Crippen molar-refractivity contribution < 1.29 is 42.9 Å². The van der Waals surface area contributed by atoms with Crippen molar-refractivity contribution in [2.45, 2.75) is 73.8 Å². The number of aromatic nitrogens is 8. The number of hydrogen-bond acceptors (Lipinski definition) is 14. The highest BCUT2D eigenvalue weighted by atomic mass is 16.6. The van der Waals surface area contributed by atoms with E-state index in [1.807, 2.05) is 39.8 Å². The molecule has 1 fully saturated rings. The van der Waals surface area contributed by atoms with Crippen LogP contribution in [0.5, 0.6) is 11.5 Å². The Morgan fingerprint density at radius 3 is 1.77 bits per heavy atom. The van der Waals surface area contributed by atoms with Crippen LogP contribution in [0.3, 0.4) is 0 Å². The van der Waals surface area contributed by atoms with Crippen molar-refractivity contribution in [2.24, 2.45) is 5.73 Å². The van der Waals surface area contributed by atoms with Gasteiger partial charge in [0.1, 0.15) is 40.5 Å². The molecule has 22 nitrogen and oxygen atoms in total. The molecule has 0 spiro atoms. The molecule has 4 amide bonds. The smallest absolute Gasteiger partial charge is 0.410 e. The minimum atomic E-state index is -0.713. The van der Waals surface area contributed by atoms with Crippen molar-refractivity contribution in [1.82, 2.24) is 48.5 Å². The van der Waals surface area contributed by atoms with Crippen LogP contribution in [-0.2, 0) is 35.7 Å². The van der Waals surface area contributed by atoms with Crippen LogP contribution < -0.4 is 25.8 Å². The van der Waals surface area contributed by atoms with E-state index in [0.717, 1.165) is 0 Å². The number of allylic oxidation sites excluding steroid dienone is 2. The first-order chi connectivity index (χ1) is 33.6. The Labute approximate surface area is 403 Å². The van der Waals surface area contributed by atoms with E-state index in [2.05, 4.69) is 37.6 Å². The third-order valence-electron chi connectivity index (χ3n) is 11.3. The summed E-state index contributed by atoms with van der Waals surface area (Å²) in [7, 11) is 2.74. The fraction of sp³-hybridized carbons (Fsp3) is 0.396. The number of carbonyl (C=O) groups is 5. The standard InChI is InChI=1S/C48H57N13O9/c1-9-60-36(23-30(5)54-60)43(63)52-46-51-35-26-33(45(65)68-8)28-38(67-7)40(35)58(46)16-11-12-17-59-41-34(50-47(59)53-44(64)37-24-31(6)55-61(37)10-2)25-32(42(49)62)27-39(41)69-22-14-13-15-56-18-20-57(21-19-56)48(66)70-29(3)4/h11-12,23-29H,9-10,15-22H2,1-8H3,(H2,49,62)(H,50,53,64)(H,51,52,63)/b12-11+. The van der Waals surface area contributed by atoms with E-state index >= 15 is 0 Å². The Morgan fingerprint density at radius 2 is 1.27 bits per heavy atom. The number of amides is 4. The van der Waals surface area contributed by atoms with Gasteiger partial charge in [-0.05, 0) is 77.9 Å². The monoisotopic (exact) mass is 959 g/mol. The third-order valence-corrected chi connectivity index (χ3v) is 11.3. The Hall–Kier alpha value is -8.19. The summed E-state index contributed by atoms with van der Waals surface area (Å²) in [5.41, 5.74) is 9.71. The number of nitrogens with two attached hydrogens (primary N) is 1. The number of carbonyl (C=O) groups excluding carboxylic acids is 5. The molecular formula is C48H57N13O9. The molecule has 6 aromatic rings. The molecule has 2 aromatic carbocycles. The van der Waals surface area contributed by atoms with Gasteiger partial charge in [-0.15, -0.1) is 0 Å². The zero-order valence-corrected chi connectivity index (χ0v) is 40.5. The van der Waals surface area contributed by atoms with Gasteiger partial charge in [0.15, 0.2) is 0 Å². The maximum Gasteiger partial charge on any atom is 0.410 e. The maximum atomic E-state index is 13.9. The van der Waals surface area contributed by atoms with Crippen molar-refractivity contribution >= 4 is 63.7 Å². The van der Waals surface area contributed by atoms with Gasteiger partial charge in [0, 0.05) is 57.9 Å². The lowest BCUT2D eigenvalue weighted by molar-refractivity contribution is 0.0588. The van der Waals surface area contributed by atoms with E-state index in [4.69, 9.17) is 34.6 Å². The fourth-order valence-corrected chi connectivity index (χ4v) is 7.98. The Morgan fingerprint density at radius 1 is 0.743 bits per heavy atom. The zero-order chi connectivity index (χ0) is 50.2. The van der Waals surface area contributed by atoms with E-state index < -0.39 is 23.7 Å². The van der Waals surface area contributed by atoms with E-state index in [-0.39, 0.29) is 60.7 Å². The molecule has 0 unspecified atom stereocenters. The van der Waals surface area contributed by atoms with Crippen LogP contribution in [0.15, 0.2) is 48.6 Å². The predicted molar refractivity (Wildman–Crippen MR) is 259 cm³/mol. The number of esters is 1. The van der Waals surface area contributed by atoms with Crippen LogP contribution in [0.1, 0.15) is 80.8 Å². The fourth-order valence-electron chi connectivity index (χ4n) is 7.98. The number of imidazole rings is 2.